The van der Waals surface area contributed by atoms with Gasteiger partial charge in [0.15, 0.2) is 8.32 Å². The number of hydrogen-bond acceptors (Lipinski definition) is 5. The summed E-state index contributed by atoms with van der Waals surface area (Å²) in [5.74, 6) is -0.280. The third kappa shape index (κ3) is 3.80. The van der Waals surface area contributed by atoms with E-state index in [0.29, 0.717) is 25.7 Å². The van der Waals surface area contributed by atoms with Crippen LogP contribution in [0.1, 0.15) is 80.6 Å². The molecule has 5 nitrogen and oxygen atoms in total. The quantitative estimate of drug-likeness (QED) is 0.257. The van der Waals surface area contributed by atoms with Gasteiger partial charge in [-0.3, -0.25) is 0 Å². The molecule has 0 aromatic carbocycles. The summed E-state index contributed by atoms with van der Waals surface area (Å²) >= 11 is 0. The first-order valence-electron chi connectivity index (χ1n) is 12.1. The summed E-state index contributed by atoms with van der Waals surface area (Å²) in [6.45, 7) is 18.9. The first kappa shape index (κ1) is 28.0. The van der Waals surface area contributed by atoms with Gasteiger partial charge in [0.2, 0.25) is 0 Å². The highest BCUT2D eigenvalue weighted by Gasteiger charge is 2.71. The number of aliphatic hydroxyl groups is 1. The molecule has 2 saturated carbocycles. The maximum Gasteiger partial charge on any atom is 0.534 e. The molecule has 3 rings (SSSR count). The van der Waals surface area contributed by atoms with Crippen molar-refractivity contribution in [2.75, 3.05) is 0 Å². The van der Waals surface area contributed by atoms with Crippen LogP contribution in [-0.4, -0.2) is 39.1 Å². The Bertz CT molecular complexity index is 968. The maximum absolute atomic E-state index is 12.9. The Balaban J connectivity index is 1.99. The van der Waals surface area contributed by atoms with Crippen molar-refractivity contribution in [2.24, 2.45) is 22.2 Å². The minimum Gasteiger partial charge on any atom is -0.413 e. The zero-order chi connectivity index (χ0) is 26.4. The van der Waals surface area contributed by atoms with Crippen LogP contribution in [0.2, 0.25) is 18.1 Å². The van der Waals surface area contributed by atoms with E-state index in [0.717, 1.165) is 0 Å². The predicted molar refractivity (Wildman–Crippen MR) is 128 cm³/mol. The van der Waals surface area contributed by atoms with E-state index in [-0.39, 0.29) is 29.2 Å². The number of fused-ring (bicyclic) bond motifs is 3. The maximum atomic E-state index is 12.9. The lowest BCUT2D eigenvalue weighted by molar-refractivity contribution is -0.275. The van der Waals surface area contributed by atoms with Crippen LogP contribution in [0.15, 0.2) is 11.8 Å². The van der Waals surface area contributed by atoms with Gasteiger partial charge in [-0.25, -0.2) is 0 Å². The standard InChI is InChI=1S/C24H41F3O5SSi/c1-19(2,3)34(8,9)32-18-11-12-22(7)21(6)15-17(31-33(29,30)24(25,26)27)14-16(21)10-13-23(22,28)20(18,4)5/h15-16,18,28H,10-14H2,1-9H3/t16-,18+,21-,22+,23+/m0/s1. The smallest absolute Gasteiger partial charge is 0.413 e. The van der Waals surface area contributed by atoms with Crippen molar-refractivity contribution in [3.8, 4) is 0 Å². The molecule has 10 heteroatoms. The molecule has 34 heavy (non-hydrogen) atoms. The Kier molecular flexibility index (Phi) is 6.35. The highest BCUT2D eigenvalue weighted by molar-refractivity contribution is 7.87. The summed E-state index contributed by atoms with van der Waals surface area (Å²) in [6.07, 6.45) is 3.88. The molecule has 0 aromatic rings. The zero-order valence-corrected chi connectivity index (χ0v) is 23.7. The monoisotopic (exact) mass is 526 g/mol. The Morgan fingerprint density at radius 3 is 2.12 bits per heavy atom. The third-order valence-electron chi connectivity index (χ3n) is 10.2. The average Bonchev–Trinajstić information content (AvgIpc) is 2.95. The SMILES string of the molecule is CC1(C)[C@H](O[Si](C)(C)C(C)(C)C)CC[C@]2(C)[C@@]3(C)C=C(OS(=O)(=O)C(F)(F)F)C[C@@H]3CC[C@@]12O. The minimum absolute atomic E-state index is 0.0144. The van der Waals surface area contributed by atoms with Crippen molar-refractivity contribution in [1.82, 2.24) is 0 Å². The van der Waals surface area contributed by atoms with E-state index in [2.05, 4.69) is 38.0 Å². The van der Waals surface area contributed by atoms with Gasteiger partial charge in [0.25, 0.3) is 0 Å². The second-order valence-corrected chi connectivity index (χ2v) is 19.4. The van der Waals surface area contributed by atoms with E-state index in [4.69, 9.17) is 4.43 Å². The van der Waals surface area contributed by atoms with Crippen LogP contribution in [0.4, 0.5) is 13.2 Å². The summed E-state index contributed by atoms with van der Waals surface area (Å²) < 4.78 is 73.5. The largest absolute Gasteiger partial charge is 0.534 e. The average molecular weight is 527 g/mol. The second-order valence-electron chi connectivity index (χ2n) is 13.1. The van der Waals surface area contributed by atoms with Crippen LogP contribution >= 0.6 is 0 Å². The Morgan fingerprint density at radius 1 is 1.06 bits per heavy atom. The minimum atomic E-state index is -5.73. The normalized spacial score (nSPS) is 38.7. The van der Waals surface area contributed by atoms with Gasteiger partial charge >= 0.3 is 15.6 Å². The molecule has 0 aromatic heterocycles. The predicted octanol–water partition coefficient (Wildman–Crippen LogP) is 6.50. The molecular formula is C24H41F3O5SSi. The summed E-state index contributed by atoms with van der Waals surface area (Å²) in [6, 6.07) is 0. The lowest BCUT2D eigenvalue weighted by Gasteiger charge is -2.69. The van der Waals surface area contributed by atoms with Crippen LogP contribution < -0.4 is 0 Å². The van der Waals surface area contributed by atoms with Gasteiger partial charge < -0.3 is 13.7 Å². The van der Waals surface area contributed by atoms with Gasteiger partial charge in [-0.15, -0.1) is 0 Å². The molecule has 0 heterocycles. The van der Waals surface area contributed by atoms with Crippen LogP contribution in [0.3, 0.4) is 0 Å². The first-order valence-corrected chi connectivity index (χ1v) is 16.4. The molecule has 3 aliphatic carbocycles. The summed E-state index contributed by atoms with van der Waals surface area (Å²) in [5.41, 5.74) is -8.64. The van der Waals surface area contributed by atoms with Gasteiger partial charge in [0.05, 0.1) is 11.7 Å². The highest BCUT2D eigenvalue weighted by atomic mass is 32.2. The molecule has 198 valence electrons. The van der Waals surface area contributed by atoms with Crippen molar-refractivity contribution in [2.45, 2.75) is 116 Å². The van der Waals surface area contributed by atoms with Crippen molar-refractivity contribution in [1.29, 1.82) is 0 Å². The van der Waals surface area contributed by atoms with Gasteiger partial charge in [0.1, 0.15) is 5.76 Å². The Labute approximate surface area is 203 Å². The molecular weight excluding hydrogens is 485 g/mol. The fraction of sp³-hybridized carbons (Fsp3) is 0.917. The molecule has 0 spiro atoms. The molecule has 5 atom stereocenters. The van der Waals surface area contributed by atoms with Crippen LogP contribution in [0.25, 0.3) is 0 Å². The molecule has 0 saturated heterocycles. The molecule has 0 radical (unpaired) electrons. The van der Waals surface area contributed by atoms with Crippen molar-refractivity contribution >= 4 is 18.4 Å². The lowest BCUT2D eigenvalue weighted by Crippen LogP contribution is -2.72. The van der Waals surface area contributed by atoms with E-state index < -0.39 is 45.8 Å². The lowest BCUT2D eigenvalue weighted by atomic mass is 9.39. The van der Waals surface area contributed by atoms with Crippen molar-refractivity contribution < 1.29 is 35.3 Å². The number of allylic oxidation sites excluding steroid dienone is 2. The summed E-state index contributed by atoms with van der Waals surface area (Å²) in [7, 11) is -7.84. The van der Waals surface area contributed by atoms with Gasteiger partial charge in [0, 0.05) is 22.7 Å². The van der Waals surface area contributed by atoms with E-state index in [9.17, 15) is 26.7 Å². The van der Waals surface area contributed by atoms with E-state index >= 15 is 0 Å². The molecule has 2 fully saturated rings. The van der Waals surface area contributed by atoms with Gasteiger partial charge in [-0.2, -0.15) is 21.6 Å². The van der Waals surface area contributed by atoms with Gasteiger partial charge in [-0.1, -0.05) is 48.5 Å². The van der Waals surface area contributed by atoms with E-state index in [1.54, 1.807) is 6.08 Å². The van der Waals surface area contributed by atoms with Crippen LogP contribution in [0, 0.1) is 22.2 Å². The number of rotatable bonds is 4. The van der Waals surface area contributed by atoms with Crippen molar-refractivity contribution in [3.05, 3.63) is 11.8 Å². The Morgan fingerprint density at radius 2 is 1.62 bits per heavy atom. The van der Waals surface area contributed by atoms with E-state index in [1.807, 2.05) is 27.7 Å². The molecule has 0 amide bonds. The third-order valence-corrected chi connectivity index (χ3v) is 15.7. The van der Waals surface area contributed by atoms with Crippen molar-refractivity contribution in [3.63, 3.8) is 0 Å². The highest BCUT2D eigenvalue weighted by Crippen LogP contribution is 2.71. The number of hydrogen-bond donors (Lipinski definition) is 1. The fourth-order valence-corrected chi connectivity index (χ4v) is 8.59. The second kappa shape index (κ2) is 7.71. The first-order chi connectivity index (χ1) is 15.0. The fourth-order valence-electron chi connectivity index (χ4n) is 6.62. The molecule has 0 unspecified atom stereocenters. The molecule has 1 N–H and O–H groups in total. The van der Waals surface area contributed by atoms with Crippen LogP contribution in [-0.2, 0) is 18.7 Å². The van der Waals surface area contributed by atoms with Gasteiger partial charge in [-0.05, 0) is 55.8 Å². The van der Waals surface area contributed by atoms with Crippen LogP contribution in [0.5, 0.6) is 0 Å². The Hall–Kier alpha value is -0.583. The van der Waals surface area contributed by atoms with E-state index in [1.165, 1.54) is 0 Å². The molecule has 0 bridgehead atoms. The molecule has 0 aliphatic heterocycles. The summed E-state index contributed by atoms with van der Waals surface area (Å²) in [5, 5.41) is 12.4. The summed E-state index contributed by atoms with van der Waals surface area (Å²) in [4.78, 5) is 0. The zero-order valence-electron chi connectivity index (χ0n) is 21.9. The topological polar surface area (TPSA) is 72.8 Å². The molecule has 3 aliphatic rings. The number of alkyl halides is 3. The number of halogens is 3.